The van der Waals surface area contributed by atoms with E-state index < -0.39 is 0 Å². The molecular formula is C12H22NO2+. The molecule has 3 heteroatoms. The Hall–Kier alpha value is -0.830. The van der Waals surface area contributed by atoms with Crippen LogP contribution >= 0.6 is 0 Å². The number of hydrogen-bond acceptors (Lipinski definition) is 2. The number of carbonyl (C=O) groups excluding carboxylic acids is 1. The second-order valence-electron chi connectivity index (χ2n) is 5.35. The first-order valence-electron chi connectivity index (χ1n) is 5.53. The minimum absolute atomic E-state index is 0.202. The Morgan fingerprint density at radius 2 is 2.13 bits per heavy atom. The molecule has 1 aliphatic rings. The Labute approximate surface area is 92.3 Å². The second kappa shape index (κ2) is 4.79. The van der Waals surface area contributed by atoms with Crippen molar-refractivity contribution in [2.75, 3.05) is 33.8 Å². The van der Waals surface area contributed by atoms with E-state index in [1.165, 1.54) is 6.54 Å². The van der Waals surface area contributed by atoms with E-state index in [2.05, 4.69) is 14.1 Å². The Morgan fingerprint density at radius 1 is 1.47 bits per heavy atom. The monoisotopic (exact) mass is 212 g/mol. The molecule has 1 saturated heterocycles. The van der Waals surface area contributed by atoms with Gasteiger partial charge in [-0.2, -0.15) is 0 Å². The predicted molar refractivity (Wildman–Crippen MR) is 60.3 cm³/mol. The van der Waals surface area contributed by atoms with Crippen molar-refractivity contribution in [3.63, 3.8) is 0 Å². The van der Waals surface area contributed by atoms with Crippen LogP contribution < -0.4 is 0 Å². The lowest BCUT2D eigenvalue weighted by Gasteiger charge is -2.23. The Kier molecular flexibility index (Phi) is 3.91. The van der Waals surface area contributed by atoms with E-state index in [-0.39, 0.29) is 5.97 Å². The summed E-state index contributed by atoms with van der Waals surface area (Å²) in [6, 6.07) is 0. The van der Waals surface area contributed by atoms with Gasteiger partial charge in [-0.25, -0.2) is 4.79 Å². The van der Waals surface area contributed by atoms with Crippen LogP contribution in [0.2, 0.25) is 0 Å². The quantitative estimate of drug-likeness (QED) is 0.403. The maximum Gasteiger partial charge on any atom is 0.330 e. The highest BCUT2D eigenvalue weighted by Crippen LogP contribution is 2.20. The van der Waals surface area contributed by atoms with Crippen molar-refractivity contribution >= 4 is 5.97 Å². The van der Waals surface area contributed by atoms with Gasteiger partial charge in [0.2, 0.25) is 0 Å². The van der Waals surface area contributed by atoms with Crippen molar-refractivity contribution in [2.45, 2.75) is 20.3 Å². The van der Waals surface area contributed by atoms with Gasteiger partial charge < -0.3 is 9.22 Å². The molecule has 0 spiro atoms. The van der Waals surface area contributed by atoms with Crippen molar-refractivity contribution in [1.29, 1.82) is 0 Å². The molecule has 0 aromatic heterocycles. The van der Waals surface area contributed by atoms with Gasteiger partial charge in [-0.1, -0.05) is 5.57 Å². The minimum atomic E-state index is -0.202. The number of quaternary nitrogens is 1. The molecule has 0 aromatic rings. The van der Waals surface area contributed by atoms with Crippen molar-refractivity contribution < 1.29 is 14.0 Å². The fourth-order valence-electron chi connectivity index (χ4n) is 2.03. The summed E-state index contributed by atoms with van der Waals surface area (Å²) in [5, 5.41) is 0. The molecule has 1 fully saturated rings. The van der Waals surface area contributed by atoms with E-state index in [9.17, 15) is 4.79 Å². The van der Waals surface area contributed by atoms with E-state index in [0.29, 0.717) is 12.5 Å². The summed E-state index contributed by atoms with van der Waals surface area (Å²) in [5.41, 5.74) is 0.988. The van der Waals surface area contributed by atoms with Gasteiger partial charge in [0.05, 0.1) is 27.2 Å². The number of allylic oxidation sites excluding steroid dienone is 1. The SMILES string of the molecule is CC(C)=CC(=O)OCC1CC[N+](C)(C)C1. The zero-order chi connectivity index (χ0) is 11.5. The topological polar surface area (TPSA) is 26.3 Å². The van der Waals surface area contributed by atoms with Crippen molar-refractivity contribution in [2.24, 2.45) is 5.92 Å². The normalized spacial score (nSPS) is 23.6. The van der Waals surface area contributed by atoms with Crippen LogP contribution in [0, 0.1) is 5.92 Å². The van der Waals surface area contributed by atoms with Crippen LogP contribution in [0.4, 0.5) is 0 Å². The molecule has 1 rings (SSSR count). The van der Waals surface area contributed by atoms with Gasteiger partial charge in [0.15, 0.2) is 0 Å². The summed E-state index contributed by atoms with van der Waals surface area (Å²) in [6.07, 6.45) is 2.71. The van der Waals surface area contributed by atoms with E-state index in [4.69, 9.17) is 4.74 Å². The van der Waals surface area contributed by atoms with E-state index in [1.807, 2.05) is 13.8 Å². The van der Waals surface area contributed by atoms with E-state index >= 15 is 0 Å². The first-order valence-corrected chi connectivity index (χ1v) is 5.53. The minimum Gasteiger partial charge on any atom is -0.462 e. The van der Waals surface area contributed by atoms with Crippen molar-refractivity contribution in [3.8, 4) is 0 Å². The molecule has 3 nitrogen and oxygen atoms in total. The standard InChI is InChI=1S/C12H22NO2/c1-10(2)7-12(14)15-9-11-5-6-13(3,4)8-11/h7,11H,5-6,8-9H2,1-4H3/q+1. The van der Waals surface area contributed by atoms with Gasteiger partial charge >= 0.3 is 5.97 Å². The molecule has 0 aromatic carbocycles. The largest absolute Gasteiger partial charge is 0.462 e. The molecule has 0 amide bonds. The molecule has 0 radical (unpaired) electrons. The lowest BCUT2D eigenvalue weighted by molar-refractivity contribution is -0.879. The van der Waals surface area contributed by atoms with Crippen molar-refractivity contribution in [1.82, 2.24) is 0 Å². The molecule has 1 heterocycles. The first kappa shape index (κ1) is 12.2. The van der Waals surface area contributed by atoms with Crippen LogP contribution in [0.3, 0.4) is 0 Å². The number of ether oxygens (including phenoxy) is 1. The number of nitrogens with zero attached hydrogens (tertiary/aromatic N) is 1. The lowest BCUT2D eigenvalue weighted by atomic mass is 10.1. The third kappa shape index (κ3) is 4.47. The second-order valence-corrected chi connectivity index (χ2v) is 5.35. The average molecular weight is 212 g/mol. The molecule has 86 valence electrons. The summed E-state index contributed by atoms with van der Waals surface area (Å²) in [7, 11) is 4.44. The fraction of sp³-hybridized carbons (Fsp3) is 0.750. The van der Waals surface area contributed by atoms with Gasteiger partial charge in [0.1, 0.15) is 6.61 Å². The van der Waals surface area contributed by atoms with Crippen LogP contribution in [0.25, 0.3) is 0 Å². The molecule has 0 saturated carbocycles. The predicted octanol–water partition coefficient (Wildman–Crippen LogP) is 1.59. The van der Waals surface area contributed by atoms with Crippen molar-refractivity contribution in [3.05, 3.63) is 11.6 Å². The smallest absolute Gasteiger partial charge is 0.330 e. The maximum absolute atomic E-state index is 11.3. The third-order valence-corrected chi connectivity index (χ3v) is 2.76. The number of carbonyl (C=O) groups is 1. The highest BCUT2D eigenvalue weighted by molar-refractivity contribution is 5.82. The van der Waals surface area contributed by atoms with Crippen LogP contribution in [-0.2, 0) is 9.53 Å². The molecule has 1 unspecified atom stereocenters. The summed E-state index contributed by atoms with van der Waals surface area (Å²) < 4.78 is 6.25. The molecule has 15 heavy (non-hydrogen) atoms. The maximum atomic E-state index is 11.3. The molecule has 1 atom stereocenters. The van der Waals surface area contributed by atoms with E-state index in [1.54, 1.807) is 6.08 Å². The molecule has 0 aliphatic carbocycles. The number of esters is 1. The highest BCUT2D eigenvalue weighted by Gasteiger charge is 2.31. The Balaban J connectivity index is 2.27. The summed E-state index contributed by atoms with van der Waals surface area (Å²) >= 11 is 0. The van der Waals surface area contributed by atoms with Crippen LogP contribution in [-0.4, -0.2) is 44.2 Å². The van der Waals surface area contributed by atoms with Gasteiger partial charge in [0, 0.05) is 18.4 Å². The Bertz CT molecular complexity index is 265. The highest BCUT2D eigenvalue weighted by atomic mass is 16.5. The first-order chi connectivity index (χ1) is 6.89. The lowest BCUT2D eigenvalue weighted by Crippen LogP contribution is -2.37. The Morgan fingerprint density at radius 3 is 2.60 bits per heavy atom. The van der Waals surface area contributed by atoms with Crippen LogP contribution in [0.5, 0.6) is 0 Å². The molecule has 0 bridgehead atoms. The summed E-state index contributed by atoms with van der Waals surface area (Å²) in [4.78, 5) is 11.3. The number of rotatable bonds is 3. The number of hydrogen-bond donors (Lipinski definition) is 0. The van der Waals surface area contributed by atoms with Gasteiger partial charge in [0.25, 0.3) is 0 Å². The van der Waals surface area contributed by atoms with E-state index in [0.717, 1.165) is 23.0 Å². The molecule has 0 N–H and O–H groups in total. The zero-order valence-electron chi connectivity index (χ0n) is 10.2. The third-order valence-electron chi connectivity index (χ3n) is 2.76. The van der Waals surface area contributed by atoms with Gasteiger partial charge in [-0.05, 0) is 13.8 Å². The van der Waals surface area contributed by atoms with Crippen LogP contribution in [0.15, 0.2) is 11.6 Å². The zero-order valence-corrected chi connectivity index (χ0v) is 10.2. The molecular weight excluding hydrogens is 190 g/mol. The average Bonchev–Trinajstić information content (AvgIpc) is 2.41. The van der Waals surface area contributed by atoms with Gasteiger partial charge in [-0.3, -0.25) is 0 Å². The van der Waals surface area contributed by atoms with Gasteiger partial charge in [-0.15, -0.1) is 0 Å². The summed E-state index contributed by atoms with van der Waals surface area (Å²) in [6.45, 7) is 6.67. The number of likely N-dealkylation sites (tertiary alicyclic amines) is 1. The fourth-order valence-corrected chi connectivity index (χ4v) is 2.03. The van der Waals surface area contributed by atoms with Crippen LogP contribution in [0.1, 0.15) is 20.3 Å². The summed E-state index contributed by atoms with van der Waals surface area (Å²) in [5.74, 6) is 0.335. The molecule has 1 aliphatic heterocycles.